The fraction of sp³-hybridized carbons (Fsp3) is 0.0833. The Labute approximate surface area is 199 Å². The molecule has 3 aromatic carbocycles. The van der Waals surface area contributed by atoms with Crippen LogP contribution in [0, 0.1) is 10.1 Å². The van der Waals surface area contributed by atoms with E-state index in [1.54, 1.807) is 43.3 Å². The van der Waals surface area contributed by atoms with Crippen molar-refractivity contribution in [3.63, 3.8) is 0 Å². The maximum absolute atomic E-state index is 12.3. The number of amides is 2. The lowest BCUT2D eigenvalue weighted by molar-refractivity contribution is -0.384. The number of para-hydroxylation sites is 2. The van der Waals surface area contributed by atoms with E-state index >= 15 is 0 Å². The Morgan fingerprint density at radius 3 is 2.46 bits per heavy atom. The van der Waals surface area contributed by atoms with Gasteiger partial charge in [0.2, 0.25) is 0 Å². The van der Waals surface area contributed by atoms with Crippen molar-refractivity contribution < 1.29 is 28.8 Å². The Morgan fingerprint density at radius 2 is 1.74 bits per heavy atom. The highest BCUT2D eigenvalue weighted by Crippen LogP contribution is 2.23. The Morgan fingerprint density at radius 1 is 1.00 bits per heavy atom. The topological polar surface area (TPSA) is 149 Å². The van der Waals surface area contributed by atoms with Crippen molar-refractivity contribution in [3.8, 4) is 11.5 Å². The van der Waals surface area contributed by atoms with Gasteiger partial charge in [0.15, 0.2) is 0 Å². The summed E-state index contributed by atoms with van der Waals surface area (Å²) < 4.78 is 10.7. The minimum atomic E-state index is -0.992. The van der Waals surface area contributed by atoms with E-state index in [1.807, 2.05) is 0 Å². The zero-order valence-electron chi connectivity index (χ0n) is 18.5. The van der Waals surface area contributed by atoms with E-state index in [0.29, 0.717) is 23.6 Å². The molecule has 11 heteroatoms. The first-order valence-electron chi connectivity index (χ1n) is 10.3. The van der Waals surface area contributed by atoms with Crippen molar-refractivity contribution in [1.29, 1.82) is 0 Å². The summed E-state index contributed by atoms with van der Waals surface area (Å²) in [5, 5.41) is 16.9. The second-order valence-corrected chi connectivity index (χ2v) is 6.85. The van der Waals surface area contributed by atoms with Gasteiger partial charge in [0.05, 0.1) is 29.0 Å². The molecular weight excluding hydrogens is 456 g/mol. The number of nitrogens with one attached hydrogen (secondary N) is 2. The molecule has 2 N–H and O–H groups in total. The molecule has 0 saturated heterocycles. The van der Waals surface area contributed by atoms with E-state index in [-0.39, 0.29) is 17.0 Å². The molecule has 178 valence electrons. The molecule has 0 unspecified atom stereocenters. The number of nitrogens with zero attached hydrogens (tertiary/aromatic N) is 2. The monoisotopic (exact) mass is 476 g/mol. The molecular formula is C24H20N4O7. The quantitative estimate of drug-likeness (QED) is 0.126. The molecule has 0 saturated carbocycles. The highest BCUT2D eigenvalue weighted by atomic mass is 16.6. The molecule has 0 aliphatic carbocycles. The first-order chi connectivity index (χ1) is 16.9. The zero-order valence-corrected chi connectivity index (χ0v) is 18.5. The first-order valence-corrected chi connectivity index (χ1v) is 10.3. The molecule has 0 radical (unpaired) electrons. The predicted molar refractivity (Wildman–Crippen MR) is 126 cm³/mol. The second-order valence-electron chi connectivity index (χ2n) is 6.85. The Kier molecular flexibility index (Phi) is 8.22. The number of benzene rings is 3. The molecule has 2 amide bonds. The zero-order chi connectivity index (χ0) is 25.2. The molecule has 0 aromatic heterocycles. The van der Waals surface area contributed by atoms with Crippen LogP contribution in [0.4, 0.5) is 11.4 Å². The van der Waals surface area contributed by atoms with Crippen LogP contribution in [0.3, 0.4) is 0 Å². The van der Waals surface area contributed by atoms with Crippen LogP contribution >= 0.6 is 0 Å². The van der Waals surface area contributed by atoms with Crippen molar-refractivity contribution in [2.75, 3.05) is 11.9 Å². The number of rotatable bonds is 8. The molecule has 0 aliphatic rings. The van der Waals surface area contributed by atoms with Crippen LogP contribution in [-0.4, -0.2) is 35.5 Å². The Bertz CT molecular complexity index is 1270. The maximum Gasteiger partial charge on any atom is 0.343 e. The van der Waals surface area contributed by atoms with Gasteiger partial charge in [-0.1, -0.05) is 24.3 Å². The number of carbonyl (C=O) groups excluding carboxylic acids is 3. The van der Waals surface area contributed by atoms with Gasteiger partial charge in [-0.05, 0) is 48.9 Å². The molecule has 11 nitrogen and oxygen atoms in total. The average molecular weight is 476 g/mol. The van der Waals surface area contributed by atoms with E-state index in [0.717, 1.165) is 0 Å². The first kappa shape index (κ1) is 24.6. The smallest absolute Gasteiger partial charge is 0.343 e. The maximum atomic E-state index is 12.3. The summed E-state index contributed by atoms with van der Waals surface area (Å²) in [6.07, 6.45) is 1.27. The summed E-state index contributed by atoms with van der Waals surface area (Å²) in [4.78, 5) is 46.6. The summed E-state index contributed by atoms with van der Waals surface area (Å²) in [7, 11) is 0. The number of anilines is 1. The molecule has 0 spiro atoms. The van der Waals surface area contributed by atoms with Crippen LogP contribution < -0.4 is 20.2 Å². The Hall–Kier alpha value is -5.06. The van der Waals surface area contributed by atoms with Gasteiger partial charge < -0.3 is 14.8 Å². The van der Waals surface area contributed by atoms with Crippen LogP contribution in [0.25, 0.3) is 0 Å². The van der Waals surface area contributed by atoms with Gasteiger partial charge in [-0.25, -0.2) is 10.2 Å². The predicted octanol–water partition coefficient (Wildman–Crippen LogP) is 3.30. The normalized spacial score (nSPS) is 10.4. The molecule has 3 aromatic rings. The lowest BCUT2D eigenvalue weighted by Gasteiger charge is -2.10. The van der Waals surface area contributed by atoms with Gasteiger partial charge >= 0.3 is 17.8 Å². The average Bonchev–Trinajstić information content (AvgIpc) is 2.85. The van der Waals surface area contributed by atoms with Crippen molar-refractivity contribution in [2.45, 2.75) is 6.92 Å². The van der Waals surface area contributed by atoms with Gasteiger partial charge in [0.25, 0.3) is 5.69 Å². The minimum Gasteiger partial charge on any atom is -0.492 e. The lowest BCUT2D eigenvalue weighted by Crippen LogP contribution is -2.32. The number of hydrazone groups is 1. The van der Waals surface area contributed by atoms with Crippen molar-refractivity contribution in [3.05, 3.63) is 94.0 Å². The molecule has 0 bridgehead atoms. The number of nitro groups is 1. The summed E-state index contributed by atoms with van der Waals surface area (Å²) in [6, 6.07) is 17.9. The molecule has 3 rings (SSSR count). The fourth-order valence-corrected chi connectivity index (χ4v) is 2.79. The summed E-state index contributed by atoms with van der Waals surface area (Å²) >= 11 is 0. The number of hydrogen-bond donors (Lipinski definition) is 2. The van der Waals surface area contributed by atoms with Crippen molar-refractivity contribution in [1.82, 2.24) is 5.43 Å². The van der Waals surface area contributed by atoms with E-state index < -0.39 is 22.7 Å². The molecule has 0 atom stereocenters. The standard InChI is InChI=1S/C24H20N4O7/c1-2-34-21-9-4-3-8-20(21)26-22(29)23(30)27-25-15-16-6-5-7-19(14-16)35-24(31)17-10-12-18(13-11-17)28(32)33/h3-15H,2H2,1H3,(H,26,29)(H,27,30). The minimum absolute atomic E-state index is 0.138. The third kappa shape index (κ3) is 6.96. The van der Waals surface area contributed by atoms with E-state index in [9.17, 15) is 24.5 Å². The third-order valence-corrected chi connectivity index (χ3v) is 4.40. The van der Waals surface area contributed by atoms with E-state index in [4.69, 9.17) is 9.47 Å². The van der Waals surface area contributed by atoms with Gasteiger partial charge in [0.1, 0.15) is 11.5 Å². The van der Waals surface area contributed by atoms with Gasteiger partial charge in [-0.15, -0.1) is 0 Å². The van der Waals surface area contributed by atoms with Crippen LogP contribution in [0.5, 0.6) is 11.5 Å². The fourth-order valence-electron chi connectivity index (χ4n) is 2.79. The highest BCUT2D eigenvalue weighted by Gasteiger charge is 2.15. The van der Waals surface area contributed by atoms with Crippen molar-refractivity contribution in [2.24, 2.45) is 5.10 Å². The van der Waals surface area contributed by atoms with Crippen LogP contribution in [0.1, 0.15) is 22.8 Å². The van der Waals surface area contributed by atoms with E-state index in [2.05, 4.69) is 15.8 Å². The number of nitro benzene ring substituents is 1. The number of esters is 1. The van der Waals surface area contributed by atoms with Crippen LogP contribution in [-0.2, 0) is 9.59 Å². The molecule has 0 aliphatic heterocycles. The second kappa shape index (κ2) is 11.7. The van der Waals surface area contributed by atoms with Crippen LogP contribution in [0.15, 0.2) is 77.9 Å². The largest absolute Gasteiger partial charge is 0.492 e. The van der Waals surface area contributed by atoms with Gasteiger partial charge in [-0.3, -0.25) is 19.7 Å². The summed E-state index contributed by atoms with van der Waals surface area (Å²) in [5.41, 5.74) is 2.93. The van der Waals surface area contributed by atoms with Gasteiger partial charge in [-0.2, -0.15) is 5.10 Å². The molecule has 0 fully saturated rings. The summed E-state index contributed by atoms with van der Waals surface area (Å²) in [6.45, 7) is 2.19. The van der Waals surface area contributed by atoms with Gasteiger partial charge in [0, 0.05) is 12.1 Å². The van der Waals surface area contributed by atoms with Crippen molar-refractivity contribution >= 4 is 35.4 Å². The summed E-state index contributed by atoms with van der Waals surface area (Å²) in [5.74, 6) is -2.01. The third-order valence-electron chi connectivity index (χ3n) is 4.40. The SMILES string of the molecule is CCOc1ccccc1NC(=O)C(=O)NN=Cc1cccc(OC(=O)c2ccc([N+](=O)[O-])cc2)c1. The highest BCUT2D eigenvalue weighted by molar-refractivity contribution is 6.39. The number of ether oxygens (including phenoxy) is 2. The lowest BCUT2D eigenvalue weighted by atomic mass is 10.2. The van der Waals surface area contributed by atoms with E-state index in [1.165, 1.54) is 42.6 Å². The Balaban J connectivity index is 1.57. The van der Waals surface area contributed by atoms with Crippen LogP contribution in [0.2, 0.25) is 0 Å². The molecule has 35 heavy (non-hydrogen) atoms. The molecule has 0 heterocycles. The number of carbonyl (C=O) groups is 3. The number of non-ortho nitro benzene ring substituents is 1. The number of hydrogen-bond acceptors (Lipinski definition) is 8.